The van der Waals surface area contributed by atoms with E-state index in [1.165, 1.54) is 0 Å². The summed E-state index contributed by atoms with van der Waals surface area (Å²) in [5.74, 6) is -0.279. The average molecular weight is 235 g/mol. The Morgan fingerprint density at radius 1 is 0.667 bits per heavy atom. The molecule has 0 saturated carbocycles. The van der Waals surface area contributed by atoms with E-state index in [2.05, 4.69) is 0 Å². The molecule has 0 aliphatic heterocycles. The molecule has 0 aliphatic carbocycles. The Morgan fingerprint density at radius 2 is 1.00 bits per heavy atom. The predicted octanol–water partition coefficient (Wildman–Crippen LogP) is 2.76. The molecule has 0 aromatic heterocycles. The molecule has 0 atom stereocenters. The molecule has 0 aliphatic rings. The minimum Gasteiger partial charge on any atom is -0.294 e. The third-order valence-corrected chi connectivity index (χ3v) is 2.51. The van der Waals surface area contributed by atoms with Gasteiger partial charge >= 0.3 is 0 Å². The van der Waals surface area contributed by atoms with E-state index in [0.29, 0.717) is 11.1 Å². The van der Waals surface area contributed by atoms with Gasteiger partial charge in [0.05, 0.1) is 6.42 Å². The molecule has 0 spiro atoms. The minimum absolute atomic E-state index is 0. The first kappa shape index (κ1) is 13.9. The molecule has 2 aromatic rings. The summed E-state index contributed by atoms with van der Waals surface area (Å²) >= 11 is 0. The van der Waals surface area contributed by atoms with Crippen molar-refractivity contribution in [1.82, 2.24) is 0 Å². The maximum absolute atomic E-state index is 11.8. The third kappa shape index (κ3) is 3.42. The zero-order valence-corrected chi connectivity index (χ0v) is 9.87. The monoisotopic (exact) mass is 235 g/mol. The molecule has 2 nitrogen and oxygen atoms in total. The van der Waals surface area contributed by atoms with E-state index in [9.17, 15) is 9.59 Å². The van der Waals surface area contributed by atoms with Gasteiger partial charge in [0.25, 0.3) is 0 Å². The van der Waals surface area contributed by atoms with Crippen molar-refractivity contribution in [3.05, 3.63) is 71.8 Å². The second kappa shape index (κ2) is 6.55. The molecule has 0 bridgehead atoms. The van der Waals surface area contributed by atoms with Crippen molar-refractivity contribution >= 4 is 20.0 Å². The van der Waals surface area contributed by atoms with Gasteiger partial charge in [0.1, 0.15) is 0 Å². The van der Waals surface area contributed by atoms with Crippen molar-refractivity contribution in [3.63, 3.8) is 0 Å². The Labute approximate surface area is 108 Å². The van der Waals surface area contributed by atoms with Crippen LogP contribution in [0.2, 0.25) is 0 Å². The second-order valence-electron chi connectivity index (χ2n) is 3.76. The van der Waals surface area contributed by atoms with Gasteiger partial charge in [-0.25, -0.2) is 0 Å². The van der Waals surface area contributed by atoms with Gasteiger partial charge in [0, 0.05) is 19.5 Å². The average Bonchev–Trinajstić information content (AvgIpc) is 2.40. The molecule has 3 heteroatoms. The zero-order chi connectivity index (χ0) is 12.1. The van der Waals surface area contributed by atoms with Crippen molar-refractivity contribution in [3.8, 4) is 0 Å². The van der Waals surface area contributed by atoms with Gasteiger partial charge in [-0.1, -0.05) is 60.7 Å². The van der Waals surface area contributed by atoms with Crippen molar-refractivity contribution < 1.29 is 9.59 Å². The number of ketones is 2. The van der Waals surface area contributed by atoms with Gasteiger partial charge in [-0.3, -0.25) is 9.59 Å². The number of carbonyl (C=O) groups excluding carboxylic acids is 2. The van der Waals surface area contributed by atoms with Crippen LogP contribution in [0.4, 0.5) is 0 Å². The van der Waals surface area contributed by atoms with Crippen LogP contribution in [0.1, 0.15) is 27.1 Å². The lowest BCUT2D eigenvalue weighted by molar-refractivity contribution is 0.0894. The van der Waals surface area contributed by atoms with Crippen LogP contribution in [-0.4, -0.2) is 20.0 Å². The number of rotatable bonds is 4. The van der Waals surface area contributed by atoms with Gasteiger partial charge in [-0.2, -0.15) is 0 Å². The summed E-state index contributed by atoms with van der Waals surface area (Å²) in [5.41, 5.74) is 1.16. The number of hydrogen-bond acceptors (Lipinski definition) is 2. The van der Waals surface area contributed by atoms with Crippen molar-refractivity contribution in [2.45, 2.75) is 6.42 Å². The van der Waals surface area contributed by atoms with Crippen LogP contribution in [0.5, 0.6) is 0 Å². The molecule has 0 N–H and O–H groups in total. The smallest absolute Gasteiger partial charge is 0.170 e. The second-order valence-corrected chi connectivity index (χ2v) is 3.76. The topological polar surface area (TPSA) is 34.1 Å². The maximum atomic E-state index is 11.8. The molecule has 0 fully saturated rings. The fourth-order valence-corrected chi connectivity index (χ4v) is 1.60. The minimum atomic E-state index is -0.139. The van der Waals surface area contributed by atoms with Gasteiger partial charge < -0.3 is 0 Å². The Hall–Kier alpha value is -2.16. The Balaban J connectivity index is 0.00000162. The highest BCUT2D eigenvalue weighted by molar-refractivity contribution is 6.13. The molecular weight excluding hydrogens is 223 g/mol. The van der Waals surface area contributed by atoms with E-state index < -0.39 is 0 Å². The van der Waals surface area contributed by atoms with Crippen LogP contribution < -0.4 is 0 Å². The van der Waals surface area contributed by atoms with Crippen molar-refractivity contribution in [2.75, 3.05) is 0 Å². The van der Waals surface area contributed by atoms with Gasteiger partial charge in [0.2, 0.25) is 0 Å². The Kier molecular flexibility index (Phi) is 5.06. The Morgan fingerprint density at radius 3 is 1.33 bits per heavy atom. The summed E-state index contributed by atoms with van der Waals surface area (Å²) in [6.07, 6.45) is -0.0754. The van der Waals surface area contributed by atoms with Crippen LogP contribution in [0.3, 0.4) is 0 Å². The maximum Gasteiger partial charge on any atom is 0.170 e. The lowest BCUT2D eigenvalue weighted by atomic mass is 10.0. The molecule has 0 saturated heterocycles. The summed E-state index contributed by atoms with van der Waals surface area (Å²) in [7, 11) is 0. The molecule has 3 radical (unpaired) electrons. The summed E-state index contributed by atoms with van der Waals surface area (Å²) in [5, 5.41) is 0. The lowest BCUT2D eigenvalue weighted by Gasteiger charge is -2.00. The molecule has 2 rings (SSSR count). The fourth-order valence-electron chi connectivity index (χ4n) is 1.60. The number of hydrogen-bond donors (Lipinski definition) is 0. The molecule has 0 unspecified atom stereocenters. The van der Waals surface area contributed by atoms with Gasteiger partial charge in [0.15, 0.2) is 11.6 Å². The van der Waals surface area contributed by atoms with Crippen molar-refractivity contribution in [1.29, 1.82) is 0 Å². The fraction of sp³-hybridized carbons (Fsp3) is 0.0667. The summed E-state index contributed by atoms with van der Waals surface area (Å²) in [4.78, 5) is 23.6. The largest absolute Gasteiger partial charge is 0.294 e. The first-order chi connectivity index (χ1) is 8.27. The molecule has 18 heavy (non-hydrogen) atoms. The van der Waals surface area contributed by atoms with E-state index in [0.717, 1.165) is 0 Å². The summed E-state index contributed by atoms with van der Waals surface area (Å²) < 4.78 is 0. The lowest BCUT2D eigenvalue weighted by Crippen LogP contribution is -2.08. The molecule has 0 heterocycles. The van der Waals surface area contributed by atoms with E-state index in [1.54, 1.807) is 48.5 Å². The quantitative estimate of drug-likeness (QED) is 0.463. The molecular formula is C15H12BO2. The molecule has 2 aromatic carbocycles. The predicted molar refractivity (Wildman–Crippen MR) is 71.9 cm³/mol. The first-order valence-electron chi connectivity index (χ1n) is 5.44. The number of carbonyl (C=O) groups is 2. The molecule has 87 valence electrons. The van der Waals surface area contributed by atoms with E-state index >= 15 is 0 Å². The zero-order valence-electron chi connectivity index (χ0n) is 9.87. The summed E-state index contributed by atoms with van der Waals surface area (Å²) in [6.45, 7) is 0. The van der Waals surface area contributed by atoms with E-state index in [1.807, 2.05) is 12.1 Å². The van der Waals surface area contributed by atoms with Crippen LogP contribution in [0.25, 0.3) is 0 Å². The SMILES string of the molecule is O=C(CC(=O)c1ccccc1)c1ccccc1.[B]. The summed E-state index contributed by atoms with van der Waals surface area (Å²) in [6, 6.07) is 17.7. The van der Waals surface area contributed by atoms with Crippen LogP contribution in [0, 0.1) is 0 Å². The van der Waals surface area contributed by atoms with Crippen LogP contribution >= 0.6 is 0 Å². The van der Waals surface area contributed by atoms with Crippen LogP contribution in [-0.2, 0) is 0 Å². The van der Waals surface area contributed by atoms with Crippen LogP contribution in [0.15, 0.2) is 60.7 Å². The number of benzene rings is 2. The highest BCUT2D eigenvalue weighted by Gasteiger charge is 2.12. The van der Waals surface area contributed by atoms with E-state index in [-0.39, 0.29) is 26.4 Å². The highest BCUT2D eigenvalue weighted by atomic mass is 16.1. The van der Waals surface area contributed by atoms with E-state index in [4.69, 9.17) is 0 Å². The Bertz CT molecular complexity index is 471. The standard InChI is InChI=1S/C15H12O2.B/c16-14(12-7-3-1-4-8-12)11-15(17)13-9-5-2-6-10-13;/h1-10H,11H2;. The normalized spacial score (nSPS) is 9.33. The highest BCUT2D eigenvalue weighted by Crippen LogP contribution is 2.08. The third-order valence-electron chi connectivity index (χ3n) is 2.51. The van der Waals surface area contributed by atoms with Crippen molar-refractivity contribution in [2.24, 2.45) is 0 Å². The number of Topliss-reactive ketones (excluding diaryl/α,β-unsaturated/α-hetero) is 2. The van der Waals surface area contributed by atoms with Gasteiger partial charge in [-0.15, -0.1) is 0 Å². The molecule has 0 amide bonds. The first-order valence-corrected chi connectivity index (χ1v) is 5.44. The van der Waals surface area contributed by atoms with Gasteiger partial charge in [-0.05, 0) is 0 Å².